The highest BCUT2D eigenvalue weighted by molar-refractivity contribution is 6.07. The maximum absolute atomic E-state index is 6.32. The quantitative estimate of drug-likeness (QED) is 0.178. The van der Waals surface area contributed by atoms with Gasteiger partial charge in [-0.3, -0.25) is 0 Å². The zero-order valence-electron chi connectivity index (χ0n) is 32.1. The Morgan fingerprint density at radius 1 is 0.305 bits per heavy atom. The molecule has 0 unspecified atom stereocenters. The molecule has 59 heavy (non-hydrogen) atoms. The van der Waals surface area contributed by atoms with Crippen LogP contribution in [0.25, 0.3) is 76.9 Å². The van der Waals surface area contributed by atoms with Crippen molar-refractivity contribution in [1.29, 1.82) is 0 Å². The normalized spacial score (nSPS) is 13.2. The van der Waals surface area contributed by atoms with Gasteiger partial charge in [-0.05, 0) is 138 Å². The van der Waals surface area contributed by atoms with Crippen molar-refractivity contribution in [3.8, 4) is 33.4 Å². The van der Waals surface area contributed by atoms with Crippen LogP contribution in [0, 0.1) is 0 Å². The monoisotopic (exact) mass is 749 g/mol. The second-order valence-electron chi connectivity index (χ2n) is 16.0. The molecule has 13 rings (SSSR count). The van der Waals surface area contributed by atoms with Crippen LogP contribution >= 0.6 is 0 Å². The van der Waals surface area contributed by atoms with Crippen LogP contribution in [0.2, 0.25) is 0 Å². The lowest BCUT2D eigenvalue weighted by molar-refractivity contribution is 0.669. The SMILES string of the molecule is c1ccc2c(c1)-c1ccccc1C21c2ccccc2-c2cc(N(c3ccc4cc(-c5ccc6ccccc6c5)ccc4c3)c3ccc4oc5ccccc5c4c3)ccc21. The van der Waals surface area contributed by atoms with Crippen LogP contribution in [0.4, 0.5) is 17.1 Å². The molecule has 1 heterocycles. The zero-order valence-corrected chi connectivity index (χ0v) is 32.1. The van der Waals surface area contributed by atoms with E-state index >= 15 is 0 Å². The van der Waals surface area contributed by atoms with Gasteiger partial charge in [0.2, 0.25) is 0 Å². The van der Waals surface area contributed by atoms with Gasteiger partial charge in [-0.15, -0.1) is 0 Å². The van der Waals surface area contributed by atoms with Crippen LogP contribution in [-0.4, -0.2) is 0 Å². The fourth-order valence-corrected chi connectivity index (χ4v) is 10.4. The molecule has 2 heteroatoms. The molecule has 0 bridgehead atoms. The van der Waals surface area contributed by atoms with Gasteiger partial charge in [0.1, 0.15) is 11.2 Å². The van der Waals surface area contributed by atoms with Gasteiger partial charge in [0.05, 0.1) is 5.41 Å². The molecular weight excluding hydrogens is 715 g/mol. The van der Waals surface area contributed by atoms with Gasteiger partial charge in [0.15, 0.2) is 0 Å². The largest absolute Gasteiger partial charge is 0.456 e. The van der Waals surface area contributed by atoms with Crippen LogP contribution in [0.15, 0.2) is 217 Å². The topological polar surface area (TPSA) is 16.4 Å². The molecule has 0 N–H and O–H groups in total. The van der Waals surface area contributed by atoms with E-state index in [0.29, 0.717) is 0 Å². The van der Waals surface area contributed by atoms with E-state index < -0.39 is 0 Å². The number of para-hydroxylation sites is 1. The predicted octanol–water partition coefficient (Wildman–Crippen LogP) is 15.4. The molecule has 1 aromatic heterocycles. The minimum Gasteiger partial charge on any atom is -0.456 e. The zero-order chi connectivity index (χ0) is 38.7. The summed E-state index contributed by atoms with van der Waals surface area (Å²) in [5.41, 5.74) is 17.7. The third-order valence-corrected chi connectivity index (χ3v) is 13.0. The van der Waals surface area contributed by atoms with Crippen molar-refractivity contribution < 1.29 is 4.42 Å². The third kappa shape index (κ3) is 4.57. The van der Waals surface area contributed by atoms with E-state index in [1.807, 2.05) is 6.07 Å². The molecule has 2 aliphatic carbocycles. The Kier molecular flexibility index (Phi) is 6.68. The summed E-state index contributed by atoms with van der Waals surface area (Å²) in [6.45, 7) is 0. The van der Waals surface area contributed by atoms with Crippen LogP contribution in [0.5, 0.6) is 0 Å². The highest BCUT2D eigenvalue weighted by atomic mass is 16.3. The van der Waals surface area contributed by atoms with E-state index in [9.17, 15) is 0 Å². The number of rotatable bonds is 4. The molecule has 274 valence electrons. The smallest absolute Gasteiger partial charge is 0.135 e. The van der Waals surface area contributed by atoms with Gasteiger partial charge >= 0.3 is 0 Å². The van der Waals surface area contributed by atoms with Gasteiger partial charge in [0.25, 0.3) is 0 Å². The average molecular weight is 750 g/mol. The Hall–Kier alpha value is -7.68. The number of anilines is 3. The third-order valence-electron chi connectivity index (χ3n) is 13.0. The van der Waals surface area contributed by atoms with E-state index in [4.69, 9.17) is 4.42 Å². The first-order chi connectivity index (χ1) is 29.2. The van der Waals surface area contributed by atoms with Crippen molar-refractivity contribution in [2.45, 2.75) is 5.41 Å². The first-order valence-corrected chi connectivity index (χ1v) is 20.4. The molecule has 0 amide bonds. The summed E-state index contributed by atoms with van der Waals surface area (Å²) in [4.78, 5) is 2.42. The van der Waals surface area contributed by atoms with E-state index in [0.717, 1.165) is 39.0 Å². The molecule has 0 atom stereocenters. The summed E-state index contributed by atoms with van der Waals surface area (Å²) in [6.07, 6.45) is 0. The van der Waals surface area contributed by atoms with E-state index in [1.54, 1.807) is 0 Å². The molecule has 10 aromatic carbocycles. The number of nitrogens with zero attached hydrogens (tertiary/aromatic N) is 1. The molecule has 1 spiro atoms. The van der Waals surface area contributed by atoms with Crippen molar-refractivity contribution in [2.75, 3.05) is 4.90 Å². The van der Waals surface area contributed by atoms with Crippen LogP contribution in [0.3, 0.4) is 0 Å². The lowest BCUT2D eigenvalue weighted by atomic mass is 9.70. The number of furan rings is 1. The second kappa shape index (κ2) is 12.2. The lowest BCUT2D eigenvalue weighted by Crippen LogP contribution is -2.25. The maximum atomic E-state index is 6.32. The van der Waals surface area contributed by atoms with E-state index in [1.165, 1.54) is 77.2 Å². The Labute approximate surface area is 341 Å². The molecule has 0 aliphatic heterocycles. The van der Waals surface area contributed by atoms with Crippen LogP contribution in [-0.2, 0) is 5.41 Å². The first kappa shape index (κ1) is 32.4. The van der Waals surface area contributed by atoms with Crippen LogP contribution in [0.1, 0.15) is 22.3 Å². The Balaban J connectivity index is 1.01. The molecule has 0 saturated heterocycles. The predicted molar refractivity (Wildman–Crippen MR) is 245 cm³/mol. The Morgan fingerprint density at radius 2 is 0.780 bits per heavy atom. The Morgan fingerprint density at radius 3 is 1.53 bits per heavy atom. The number of hydrogen-bond acceptors (Lipinski definition) is 2. The molecular formula is C57H35NO. The Bertz CT molecular complexity index is 3490. The van der Waals surface area contributed by atoms with E-state index in [2.05, 4.69) is 211 Å². The number of hydrogen-bond donors (Lipinski definition) is 0. The van der Waals surface area contributed by atoms with Crippen LogP contribution < -0.4 is 4.90 Å². The van der Waals surface area contributed by atoms with Crippen molar-refractivity contribution in [2.24, 2.45) is 0 Å². The summed E-state index contributed by atoms with van der Waals surface area (Å²) in [5, 5.41) is 7.13. The summed E-state index contributed by atoms with van der Waals surface area (Å²) in [5.74, 6) is 0. The molecule has 11 aromatic rings. The van der Waals surface area contributed by atoms with Gasteiger partial charge in [-0.25, -0.2) is 0 Å². The summed E-state index contributed by atoms with van der Waals surface area (Å²) in [6, 6.07) is 78.2. The molecule has 0 saturated carbocycles. The molecule has 2 nitrogen and oxygen atoms in total. The summed E-state index contributed by atoms with van der Waals surface area (Å²) >= 11 is 0. The standard InChI is InChI=1S/C57H35NO/c1-2-12-37-31-38(22-21-36(37)11-1)39-23-24-41-33-42(26-25-40(41)32-39)58(44-28-30-56-50(35-44)48-16-6-10-20-55(48)59-56)43-27-29-54-49(34-43)47-15-5-9-19-53(47)57(54)51-17-7-3-13-45(51)46-14-4-8-18-52(46)57/h1-35H. The van der Waals surface area contributed by atoms with Crippen molar-refractivity contribution in [3.63, 3.8) is 0 Å². The van der Waals surface area contributed by atoms with Gasteiger partial charge in [-0.1, -0.05) is 152 Å². The molecule has 0 fully saturated rings. The van der Waals surface area contributed by atoms with E-state index in [-0.39, 0.29) is 5.41 Å². The second-order valence-corrected chi connectivity index (χ2v) is 16.0. The highest BCUT2D eigenvalue weighted by Gasteiger charge is 2.51. The van der Waals surface area contributed by atoms with Crippen molar-refractivity contribution in [3.05, 3.63) is 235 Å². The fraction of sp³-hybridized carbons (Fsp3) is 0.0175. The average Bonchev–Trinajstić information content (AvgIpc) is 3.92. The highest BCUT2D eigenvalue weighted by Crippen LogP contribution is 2.63. The lowest BCUT2D eigenvalue weighted by Gasteiger charge is -2.31. The van der Waals surface area contributed by atoms with Gasteiger partial charge in [0, 0.05) is 27.8 Å². The minimum atomic E-state index is -0.386. The summed E-state index contributed by atoms with van der Waals surface area (Å²) < 4.78 is 6.32. The number of fused-ring (bicyclic) bond motifs is 15. The van der Waals surface area contributed by atoms with Crippen molar-refractivity contribution >= 4 is 60.5 Å². The first-order valence-electron chi connectivity index (χ1n) is 20.4. The molecule has 2 aliphatic rings. The summed E-state index contributed by atoms with van der Waals surface area (Å²) in [7, 11) is 0. The minimum absolute atomic E-state index is 0.386. The van der Waals surface area contributed by atoms with Gasteiger partial charge < -0.3 is 9.32 Å². The van der Waals surface area contributed by atoms with Crippen molar-refractivity contribution in [1.82, 2.24) is 0 Å². The fourth-order valence-electron chi connectivity index (χ4n) is 10.4. The molecule has 0 radical (unpaired) electrons. The maximum Gasteiger partial charge on any atom is 0.135 e. The number of benzene rings is 10. The van der Waals surface area contributed by atoms with Gasteiger partial charge in [-0.2, -0.15) is 0 Å².